The molecule has 0 unspecified atom stereocenters. The minimum atomic E-state index is 0.102. The molecule has 0 aliphatic carbocycles. The Balaban J connectivity index is 2.01. The Morgan fingerprint density at radius 2 is 2.06 bits per heavy atom. The Labute approximate surface area is 103 Å². The van der Waals surface area contributed by atoms with E-state index in [1.807, 2.05) is 24.3 Å². The molecule has 1 aromatic heterocycles. The van der Waals surface area contributed by atoms with E-state index in [1.54, 1.807) is 11.3 Å². The molecule has 0 fully saturated rings. The first-order chi connectivity index (χ1) is 8.22. The van der Waals surface area contributed by atoms with Gasteiger partial charge in [-0.25, -0.2) is 0 Å². The maximum absolute atomic E-state index is 11.3. The predicted octanol–water partition coefficient (Wildman–Crippen LogP) is 2.88. The topological polar surface area (TPSA) is 55.1 Å². The number of rotatable bonds is 1. The van der Waals surface area contributed by atoms with Crippen LogP contribution in [0.2, 0.25) is 0 Å². The zero-order chi connectivity index (χ0) is 11.8. The van der Waals surface area contributed by atoms with Crippen molar-refractivity contribution in [2.24, 2.45) is 0 Å². The van der Waals surface area contributed by atoms with Gasteiger partial charge in [-0.3, -0.25) is 4.79 Å². The van der Waals surface area contributed by atoms with Gasteiger partial charge in [-0.2, -0.15) is 0 Å². The number of carbonyl (C=O) groups excluding carboxylic acids is 1. The number of amides is 1. The van der Waals surface area contributed by atoms with E-state index in [1.165, 1.54) is 16.0 Å². The van der Waals surface area contributed by atoms with E-state index < -0.39 is 0 Å². The van der Waals surface area contributed by atoms with E-state index in [0.29, 0.717) is 6.42 Å². The summed E-state index contributed by atoms with van der Waals surface area (Å²) >= 11 is 1.58. The quantitative estimate of drug-likeness (QED) is 0.810. The minimum Gasteiger partial charge on any atom is -0.391 e. The average molecular weight is 244 g/mol. The zero-order valence-corrected chi connectivity index (χ0v) is 10.0. The van der Waals surface area contributed by atoms with E-state index in [0.717, 1.165) is 17.1 Å². The number of carbonyl (C=O) groups is 1. The maximum atomic E-state index is 11.3. The van der Waals surface area contributed by atoms with Crippen molar-refractivity contribution in [1.82, 2.24) is 0 Å². The molecule has 3 N–H and O–H groups in total. The molecule has 4 heteroatoms. The molecule has 2 heterocycles. The van der Waals surface area contributed by atoms with Gasteiger partial charge < -0.3 is 11.1 Å². The predicted molar refractivity (Wildman–Crippen MR) is 71.1 cm³/mol. The van der Waals surface area contributed by atoms with Gasteiger partial charge in [0.15, 0.2) is 0 Å². The van der Waals surface area contributed by atoms with Crippen LogP contribution in [0.3, 0.4) is 0 Å². The molecular weight excluding hydrogens is 232 g/mol. The first-order valence-corrected chi connectivity index (χ1v) is 6.32. The lowest BCUT2D eigenvalue weighted by Crippen LogP contribution is -2.18. The Morgan fingerprint density at radius 3 is 2.82 bits per heavy atom. The summed E-state index contributed by atoms with van der Waals surface area (Å²) in [6.45, 7) is 0. The number of nitrogen functional groups attached to an aromatic ring is 1. The monoisotopic (exact) mass is 244 g/mol. The average Bonchev–Trinajstić information content (AvgIpc) is 2.75. The van der Waals surface area contributed by atoms with Gasteiger partial charge >= 0.3 is 0 Å². The van der Waals surface area contributed by atoms with Crippen LogP contribution >= 0.6 is 11.3 Å². The standard InChI is InChI=1S/C13H12N2OS/c14-12-5-4-11(17-12)9-1-3-10-8(7-9)2-6-13(16)15-10/h1,3-5,7H,2,6,14H2,(H,15,16). The lowest BCUT2D eigenvalue weighted by atomic mass is 10.00. The van der Waals surface area contributed by atoms with Gasteiger partial charge in [0.2, 0.25) is 5.91 Å². The smallest absolute Gasteiger partial charge is 0.224 e. The molecule has 0 radical (unpaired) electrons. The highest BCUT2D eigenvalue weighted by atomic mass is 32.1. The van der Waals surface area contributed by atoms with Gasteiger partial charge in [0, 0.05) is 17.0 Å². The van der Waals surface area contributed by atoms with Gasteiger partial charge in [0.25, 0.3) is 0 Å². The molecule has 0 spiro atoms. The lowest BCUT2D eigenvalue weighted by Gasteiger charge is -2.17. The zero-order valence-electron chi connectivity index (χ0n) is 9.19. The summed E-state index contributed by atoms with van der Waals surface area (Å²) in [5, 5.41) is 3.71. The third-order valence-electron chi connectivity index (χ3n) is 2.91. The van der Waals surface area contributed by atoms with E-state index in [4.69, 9.17) is 5.73 Å². The Kier molecular flexibility index (Phi) is 2.37. The fraction of sp³-hybridized carbons (Fsp3) is 0.154. The van der Waals surface area contributed by atoms with Crippen LogP contribution < -0.4 is 11.1 Å². The number of benzene rings is 1. The molecule has 17 heavy (non-hydrogen) atoms. The summed E-state index contributed by atoms with van der Waals surface area (Å²) in [6.07, 6.45) is 1.39. The van der Waals surface area contributed by atoms with Crippen molar-refractivity contribution in [1.29, 1.82) is 0 Å². The number of aryl methyl sites for hydroxylation is 1. The van der Waals surface area contributed by atoms with Crippen molar-refractivity contribution in [2.45, 2.75) is 12.8 Å². The lowest BCUT2D eigenvalue weighted by molar-refractivity contribution is -0.116. The van der Waals surface area contributed by atoms with E-state index in [-0.39, 0.29) is 5.91 Å². The van der Waals surface area contributed by atoms with Gasteiger partial charge in [0.1, 0.15) is 0 Å². The molecule has 0 saturated carbocycles. The molecule has 1 aliphatic heterocycles. The molecule has 0 bridgehead atoms. The van der Waals surface area contributed by atoms with Crippen LogP contribution in [-0.4, -0.2) is 5.91 Å². The molecule has 3 rings (SSSR count). The number of hydrogen-bond donors (Lipinski definition) is 2. The summed E-state index contributed by atoms with van der Waals surface area (Å²) in [5.74, 6) is 0.102. The van der Waals surface area contributed by atoms with Crippen molar-refractivity contribution in [2.75, 3.05) is 11.1 Å². The van der Waals surface area contributed by atoms with Crippen LogP contribution in [0.5, 0.6) is 0 Å². The summed E-state index contributed by atoms with van der Waals surface area (Å²) in [6, 6.07) is 10.1. The van der Waals surface area contributed by atoms with Crippen molar-refractivity contribution in [3.05, 3.63) is 35.9 Å². The third kappa shape index (κ3) is 1.91. The molecule has 1 amide bonds. The Morgan fingerprint density at radius 1 is 1.18 bits per heavy atom. The van der Waals surface area contributed by atoms with Crippen molar-refractivity contribution in [3.8, 4) is 10.4 Å². The van der Waals surface area contributed by atoms with E-state index in [2.05, 4.69) is 11.4 Å². The highest BCUT2D eigenvalue weighted by molar-refractivity contribution is 7.19. The summed E-state index contributed by atoms with van der Waals surface area (Å²) < 4.78 is 0. The second-order valence-corrected chi connectivity index (χ2v) is 5.24. The van der Waals surface area contributed by atoms with Gasteiger partial charge in [-0.1, -0.05) is 6.07 Å². The molecule has 1 aromatic carbocycles. The second-order valence-electron chi connectivity index (χ2n) is 4.12. The second kappa shape index (κ2) is 3.89. The highest BCUT2D eigenvalue weighted by Gasteiger charge is 2.15. The Hall–Kier alpha value is -1.81. The van der Waals surface area contributed by atoms with Gasteiger partial charge in [-0.05, 0) is 41.8 Å². The molecule has 0 saturated heterocycles. The van der Waals surface area contributed by atoms with Crippen molar-refractivity contribution < 1.29 is 4.79 Å². The Bertz CT molecular complexity index is 589. The number of nitrogens with two attached hydrogens (primary N) is 1. The van der Waals surface area contributed by atoms with Crippen LogP contribution in [0.1, 0.15) is 12.0 Å². The fourth-order valence-electron chi connectivity index (χ4n) is 2.04. The van der Waals surface area contributed by atoms with E-state index >= 15 is 0 Å². The largest absolute Gasteiger partial charge is 0.391 e. The maximum Gasteiger partial charge on any atom is 0.224 e. The highest BCUT2D eigenvalue weighted by Crippen LogP contribution is 2.33. The van der Waals surface area contributed by atoms with Crippen molar-refractivity contribution >= 4 is 27.9 Å². The molecular formula is C13H12N2OS. The van der Waals surface area contributed by atoms with Crippen LogP contribution in [0.25, 0.3) is 10.4 Å². The fourth-order valence-corrected chi connectivity index (χ4v) is 2.82. The number of anilines is 2. The first kappa shape index (κ1) is 10.4. The first-order valence-electron chi connectivity index (χ1n) is 5.51. The van der Waals surface area contributed by atoms with E-state index in [9.17, 15) is 4.79 Å². The third-order valence-corrected chi connectivity index (χ3v) is 3.88. The normalized spacial score (nSPS) is 14.2. The molecule has 1 aliphatic rings. The van der Waals surface area contributed by atoms with Crippen LogP contribution in [0.4, 0.5) is 10.7 Å². The summed E-state index contributed by atoms with van der Waals surface area (Å²) in [5.41, 5.74) is 9.04. The molecule has 0 atom stereocenters. The molecule has 3 nitrogen and oxygen atoms in total. The van der Waals surface area contributed by atoms with Gasteiger partial charge in [-0.15, -0.1) is 11.3 Å². The molecule has 2 aromatic rings. The number of thiophene rings is 1. The number of fused-ring (bicyclic) bond motifs is 1. The van der Waals surface area contributed by atoms with Crippen LogP contribution in [0.15, 0.2) is 30.3 Å². The summed E-state index contributed by atoms with van der Waals surface area (Å²) in [4.78, 5) is 12.4. The molecule has 86 valence electrons. The SMILES string of the molecule is Nc1ccc(-c2ccc3c(c2)CCC(=O)N3)s1. The summed E-state index contributed by atoms with van der Waals surface area (Å²) in [7, 11) is 0. The van der Waals surface area contributed by atoms with Gasteiger partial charge in [0.05, 0.1) is 5.00 Å². The number of nitrogens with one attached hydrogen (secondary N) is 1. The van der Waals surface area contributed by atoms with Crippen LogP contribution in [0, 0.1) is 0 Å². The van der Waals surface area contributed by atoms with Crippen molar-refractivity contribution in [3.63, 3.8) is 0 Å². The minimum absolute atomic E-state index is 0.102. The number of hydrogen-bond acceptors (Lipinski definition) is 3. The van der Waals surface area contributed by atoms with Crippen LogP contribution in [-0.2, 0) is 11.2 Å².